The van der Waals surface area contributed by atoms with Crippen LogP contribution in [0.4, 0.5) is 5.69 Å². The molecule has 13 heteroatoms. The van der Waals surface area contributed by atoms with Crippen molar-refractivity contribution < 1.29 is 42.6 Å². The van der Waals surface area contributed by atoms with Crippen molar-refractivity contribution in [2.24, 2.45) is 56.7 Å². The van der Waals surface area contributed by atoms with Crippen molar-refractivity contribution in [2.75, 3.05) is 63.9 Å². The molecule has 2 heterocycles. The number of fused-ring (bicyclic) bond motifs is 9. The zero-order valence-corrected chi connectivity index (χ0v) is 50.9. The highest BCUT2D eigenvalue weighted by Crippen LogP contribution is 2.76. The minimum Gasteiger partial charge on any atom is -0.465 e. The van der Waals surface area contributed by atoms with E-state index in [2.05, 4.69) is 132 Å². The molecule has 0 radical (unpaired) electrons. The van der Waals surface area contributed by atoms with E-state index in [0.29, 0.717) is 44.1 Å². The SMILES string of the molecule is CCN(CC)c1ccc2c(-c3ccccc3C(=O)N3CCN(C(=O)[C@]45CC[C@@H](C)[C@H](C)[C@H]4C4=CC[C@@H]6[C@@]7(C)C[C@@H](OC(C)=O)[C@H](OC(C)=O)[C@@](C)(COC(C)=O)[C@@H]7CC[C@@]6(C)[C@]4(C)CC5)CC3)c3ccc(=[N+](CC)CC)cc-3oc2c1. The third-order valence-electron chi connectivity index (χ3n) is 22.5. The second-order valence-corrected chi connectivity index (χ2v) is 26.3. The van der Waals surface area contributed by atoms with Crippen LogP contribution in [-0.2, 0) is 33.4 Å². The molecule has 13 nitrogen and oxygen atoms in total. The number of rotatable bonds is 12. The predicted molar refractivity (Wildman–Crippen MR) is 317 cm³/mol. The number of anilines is 1. The molecule has 2 amide bonds. The molecule has 2 aromatic rings. The van der Waals surface area contributed by atoms with Crippen LogP contribution in [0, 0.1) is 56.7 Å². The number of amides is 2. The molecule has 81 heavy (non-hydrogen) atoms. The Balaban J connectivity index is 0.945. The molecule has 0 unspecified atom stereocenters. The van der Waals surface area contributed by atoms with E-state index < -0.39 is 40.9 Å². The molecule has 6 aliphatic carbocycles. The normalized spacial score (nSPS) is 32.6. The number of esters is 3. The van der Waals surface area contributed by atoms with Crippen LogP contribution in [0.25, 0.3) is 33.4 Å². The fourth-order valence-corrected chi connectivity index (χ4v) is 18.1. The Bertz CT molecular complexity index is 3180. The third kappa shape index (κ3) is 9.50. The maximum absolute atomic E-state index is 15.9. The first-order chi connectivity index (χ1) is 38.5. The number of hydrogen-bond acceptors (Lipinski definition) is 10. The van der Waals surface area contributed by atoms with E-state index in [0.717, 1.165) is 116 Å². The molecule has 436 valence electrons. The molecule has 0 spiro atoms. The summed E-state index contributed by atoms with van der Waals surface area (Å²) in [6.45, 7) is 32.4. The molecule has 8 aliphatic rings. The molecule has 5 fully saturated rings. The average Bonchev–Trinajstić information content (AvgIpc) is 3.55. The van der Waals surface area contributed by atoms with Gasteiger partial charge in [-0.25, -0.2) is 4.58 Å². The lowest BCUT2D eigenvalue weighted by Crippen LogP contribution is -2.69. The summed E-state index contributed by atoms with van der Waals surface area (Å²) in [6, 6.07) is 20.9. The highest BCUT2D eigenvalue weighted by molar-refractivity contribution is 6.09. The number of ether oxygens (including phenoxy) is 3. The first kappa shape index (κ1) is 58.2. The molecular weight excluding hydrogens is 1020 g/mol. The van der Waals surface area contributed by atoms with Gasteiger partial charge in [0.2, 0.25) is 11.3 Å². The smallest absolute Gasteiger partial charge is 0.303 e. The van der Waals surface area contributed by atoms with E-state index in [9.17, 15) is 14.4 Å². The second-order valence-electron chi connectivity index (χ2n) is 26.3. The maximum atomic E-state index is 15.9. The third-order valence-corrected chi connectivity index (χ3v) is 22.5. The van der Waals surface area contributed by atoms with Gasteiger partial charge in [0.25, 0.3) is 5.91 Å². The topological polar surface area (TPSA) is 139 Å². The number of hydrogen-bond donors (Lipinski definition) is 0. The van der Waals surface area contributed by atoms with E-state index >= 15 is 9.59 Å². The first-order valence-corrected chi connectivity index (χ1v) is 30.7. The molecule has 0 N–H and O–H groups in total. The number of nitrogens with zero attached hydrogens (tertiary/aromatic N) is 4. The van der Waals surface area contributed by atoms with Crippen molar-refractivity contribution in [1.29, 1.82) is 0 Å². The Labute approximate surface area is 481 Å². The summed E-state index contributed by atoms with van der Waals surface area (Å²) in [7, 11) is 0. The minimum atomic E-state index is -0.815. The lowest BCUT2D eigenvalue weighted by Gasteiger charge is -2.72. The number of carbonyl (C=O) groups excluding carboxylic acids is 5. The maximum Gasteiger partial charge on any atom is 0.303 e. The van der Waals surface area contributed by atoms with Crippen molar-refractivity contribution >= 4 is 46.4 Å². The zero-order chi connectivity index (χ0) is 58.1. The van der Waals surface area contributed by atoms with E-state index in [1.807, 2.05) is 23.1 Å². The van der Waals surface area contributed by atoms with Gasteiger partial charge in [-0.15, -0.1) is 0 Å². The summed E-state index contributed by atoms with van der Waals surface area (Å²) in [5, 5.41) is 2.04. The number of allylic oxidation sites excluding steroid dienone is 2. The van der Waals surface area contributed by atoms with Crippen molar-refractivity contribution in [2.45, 2.75) is 154 Å². The fraction of sp³-hybridized carbons (Fsp3) is 0.618. The average molecular weight is 1110 g/mol. The van der Waals surface area contributed by atoms with Crippen LogP contribution in [0.3, 0.4) is 0 Å². The van der Waals surface area contributed by atoms with Gasteiger partial charge in [0.15, 0.2) is 0 Å². The van der Waals surface area contributed by atoms with E-state index in [1.165, 1.54) is 26.3 Å². The van der Waals surface area contributed by atoms with Crippen LogP contribution in [0.1, 0.15) is 152 Å². The lowest BCUT2D eigenvalue weighted by molar-refractivity contribution is -0.256. The molecule has 1 saturated heterocycles. The van der Waals surface area contributed by atoms with Gasteiger partial charge in [-0.3, -0.25) is 24.0 Å². The van der Waals surface area contributed by atoms with Gasteiger partial charge in [0.1, 0.15) is 43.2 Å². The monoisotopic (exact) mass is 1110 g/mol. The van der Waals surface area contributed by atoms with Crippen molar-refractivity contribution in [3.05, 3.63) is 83.2 Å². The van der Waals surface area contributed by atoms with Crippen LogP contribution >= 0.6 is 0 Å². The zero-order valence-electron chi connectivity index (χ0n) is 50.9. The van der Waals surface area contributed by atoms with Crippen molar-refractivity contribution in [3.8, 4) is 22.5 Å². The van der Waals surface area contributed by atoms with Crippen molar-refractivity contribution in [3.63, 3.8) is 0 Å². The summed E-state index contributed by atoms with van der Waals surface area (Å²) in [6.07, 6.45) is 7.64. The number of benzene rings is 3. The molecule has 2 aliphatic heterocycles. The van der Waals surface area contributed by atoms with Gasteiger partial charge in [0.05, 0.1) is 11.5 Å². The van der Waals surface area contributed by atoms with Gasteiger partial charge in [-0.05, 0) is 155 Å². The van der Waals surface area contributed by atoms with Crippen LogP contribution in [0.2, 0.25) is 0 Å². The molecule has 0 aromatic heterocycles. The quantitative estimate of drug-likeness (QED) is 0.0443. The summed E-state index contributed by atoms with van der Waals surface area (Å²) >= 11 is 0. The van der Waals surface area contributed by atoms with Gasteiger partial charge in [-0.1, -0.05) is 71.4 Å². The predicted octanol–water partition coefficient (Wildman–Crippen LogP) is 11.8. The van der Waals surface area contributed by atoms with E-state index in [-0.39, 0.29) is 58.3 Å². The summed E-state index contributed by atoms with van der Waals surface area (Å²) in [5.74, 6) is 0.651. The molecule has 0 bridgehead atoms. The Morgan fingerprint density at radius 2 is 1.43 bits per heavy atom. The van der Waals surface area contributed by atoms with Crippen LogP contribution in [0.5, 0.6) is 0 Å². The number of piperazine rings is 1. The summed E-state index contributed by atoms with van der Waals surface area (Å²) in [4.78, 5) is 75.6. The van der Waals surface area contributed by atoms with Gasteiger partial charge < -0.3 is 33.3 Å². The standard InChI is InChI=1S/C68H91N4O9/c1-14-69(15-2)47-22-24-51-54(38-47)81-55-39-48(70(16-3)17-4)23-25-52(55)59(51)49-20-18-19-21-50(49)62(76)71-34-36-72(37-35-71)63(77)68-31-28-42(5)43(6)60(68)53-26-27-58-64(10)40-56(79-45(8)74)61(80-46(9)75)65(11,41-78-44(7)73)57(64)29-30-67(58,13)66(53,12)32-33-68/h18-26,38-39,42-43,56-58,60-61H,14-17,27-37,40-41H2,1-13H3/q+1/t42-,43+,56-,57-,58-,60+,61+,64+,65+,66-,67-,68+/m1/s1. The van der Waals surface area contributed by atoms with Crippen LogP contribution in [0.15, 0.2) is 76.7 Å². The number of carbonyl (C=O) groups is 5. The molecule has 10 rings (SSSR count). The Morgan fingerprint density at radius 3 is 2.10 bits per heavy atom. The Hall–Kier alpha value is -5.98. The molecule has 2 aromatic carbocycles. The summed E-state index contributed by atoms with van der Waals surface area (Å²) < 4.78 is 27.2. The van der Waals surface area contributed by atoms with Gasteiger partial charge in [0, 0.05) is 105 Å². The van der Waals surface area contributed by atoms with E-state index in [4.69, 9.17) is 18.6 Å². The largest absolute Gasteiger partial charge is 0.465 e. The Morgan fingerprint density at radius 1 is 0.741 bits per heavy atom. The molecule has 12 atom stereocenters. The van der Waals surface area contributed by atoms with Crippen LogP contribution < -0.4 is 14.8 Å². The van der Waals surface area contributed by atoms with Crippen LogP contribution in [-0.4, -0.2) is 111 Å². The molecular formula is C68H91N4O9+. The van der Waals surface area contributed by atoms with Gasteiger partial charge in [-0.2, -0.15) is 0 Å². The summed E-state index contributed by atoms with van der Waals surface area (Å²) in [5.41, 5.74) is 4.61. The highest BCUT2D eigenvalue weighted by atomic mass is 16.6. The Kier molecular flexibility index (Phi) is 15.8. The first-order valence-electron chi connectivity index (χ1n) is 30.7. The minimum absolute atomic E-state index is 0.000365. The lowest BCUT2D eigenvalue weighted by atomic mass is 9.33. The van der Waals surface area contributed by atoms with E-state index in [1.54, 1.807) is 0 Å². The van der Waals surface area contributed by atoms with Gasteiger partial charge >= 0.3 is 17.9 Å². The highest BCUT2D eigenvalue weighted by Gasteiger charge is 2.72. The van der Waals surface area contributed by atoms with Crippen molar-refractivity contribution in [1.82, 2.24) is 14.4 Å². The second kappa shape index (κ2) is 22.0. The fourth-order valence-electron chi connectivity index (χ4n) is 18.1. The molecule has 4 saturated carbocycles.